The normalized spacial score (nSPS) is 17.6. The zero-order valence-electron chi connectivity index (χ0n) is 14.7. The van der Waals surface area contributed by atoms with E-state index in [9.17, 15) is 9.59 Å². The van der Waals surface area contributed by atoms with Crippen LogP contribution in [-0.2, 0) is 13.1 Å². The van der Waals surface area contributed by atoms with Gasteiger partial charge in [0.2, 0.25) is 0 Å². The monoisotopic (exact) mass is 343 g/mol. The van der Waals surface area contributed by atoms with Crippen molar-refractivity contribution in [2.75, 3.05) is 6.54 Å². The Kier molecular flexibility index (Phi) is 5.63. The van der Waals surface area contributed by atoms with Gasteiger partial charge in [0.05, 0.1) is 12.6 Å². The molecule has 25 heavy (non-hydrogen) atoms. The lowest BCUT2D eigenvalue weighted by Crippen LogP contribution is -2.46. The fourth-order valence-electron chi connectivity index (χ4n) is 3.26. The molecule has 2 aromatic heterocycles. The molecule has 7 heteroatoms. The number of likely N-dealkylation sites (tertiary alicyclic amines) is 1. The Balaban J connectivity index is 1.78. The second-order valence-electron chi connectivity index (χ2n) is 6.51. The molecule has 0 aromatic carbocycles. The van der Waals surface area contributed by atoms with E-state index in [1.54, 1.807) is 12.3 Å². The predicted molar refractivity (Wildman–Crippen MR) is 94.3 cm³/mol. The highest BCUT2D eigenvalue weighted by Crippen LogP contribution is 2.20. The van der Waals surface area contributed by atoms with Crippen LogP contribution in [-0.4, -0.2) is 43.0 Å². The first-order valence-corrected chi connectivity index (χ1v) is 9.05. The summed E-state index contributed by atoms with van der Waals surface area (Å²) >= 11 is 0. The summed E-state index contributed by atoms with van der Waals surface area (Å²) in [5.74, 6) is -0.0953. The number of aryl methyl sites for hydroxylation is 1. The first-order chi connectivity index (χ1) is 12.2. The van der Waals surface area contributed by atoms with Crippen LogP contribution in [0.5, 0.6) is 0 Å². The summed E-state index contributed by atoms with van der Waals surface area (Å²) in [6, 6.07) is 4.99. The van der Waals surface area contributed by atoms with Crippen LogP contribution in [0.1, 0.15) is 49.5 Å². The number of hydrogen-bond acceptors (Lipinski definition) is 4. The lowest BCUT2D eigenvalue weighted by molar-refractivity contribution is 0.0575. The van der Waals surface area contributed by atoms with Crippen molar-refractivity contribution in [3.63, 3.8) is 0 Å². The third-order valence-electron chi connectivity index (χ3n) is 4.65. The molecule has 1 aliphatic rings. The zero-order chi connectivity index (χ0) is 17.6. The van der Waals surface area contributed by atoms with Gasteiger partial charge in [-0.15, -0.1) is 0 Å². The van der Waals surface area contributed by atoms with Gasteiger partial charge in [-0.3, -0.25) is 14.3 Å². The molecule has 2 aromatic rings. The van der Waals surface area contributed by atoms with E-state index in [1.807, 2.05) is 21.8 Å². The van der Waals surface area contributed by atoms with Gasteiger partial charge in [0, 0.05) is 31.5 Å². The molecule has 7 nitrogen and oxygen atoms in total. The molecule has 1 fully saturated rings. The van der Waals surface area contributed by atoms with Crippen molar-refractivity contribution in [3.8, 4) is 0 Å². The Bertz CT molecular complexity index is 753. The Morgan fingerprint density at radius 2 is 2.20 bits per heavy atom. The maximum Gasteiger partial charge on any atom is 0.274 e. The van der Waals surface area contributed by atoms with Crippen molar-refractivity contribution in [2.45, 2.75) is 58.2 Å². The lowest BCUT2D eigenvalue weighted by atomic mass is 10.0. The molecule has 3 heterocycles. The molecule has 3 rings (SSSR count). The van der Waals surface area contributed by atoms with Crippen molar-refractivity contribution in [1.29, 1.82) is 0 Å². The van der Waals surface area contributed by atoms with Crippen LogP contribution in [0.3, 0.4) is 0 Å². The van der Waals surface area contributed by atoms with E-state index in [0.717, 1.165) is 38.6 Å². The van der Waals surface area contributed by atoms with E-state index in [4.69, 9.17) is 0 Å². The van der Waals surface area contributed by atoms with E-state index < -0.39 is 0 Å². The second kappa shape index (κ2) is 8.09. The van der Waals surface area contributed by atoms with Crippen molar-refractivity contribution in [3.05, 3.63) is 46.6 Å². The molecule has 134 valence electrons. The molecule has 0 unspecified atom stereocenters. The number of piperidine rings is 1. The van der Waals surface area contributed by atoms with Crippen molar-refractivity contribution < 1.29 is 4.79 Å². The number of carbonyl (C=O) groups excluding carboxylic acids is 1. The van der Waals surface area contributed by atoms with Crippen LogP contribution >= 0.6 is 0 Å². The van der Waals surface area contributed by atoms with Gasteiger partial charge < -0.3 is 4.90 Å². The molecule has 0 bridgehead atoms. The molecule has 1 amide bonds. The van der Waals surface area contributed by atoms with Gasteiger partial charge in [-0.25, -0.2) is 4.68 Å². The van der Waals surface area contributed by atoms with E-state index in [1.165, 1.54) is 10.7 Å². The molecular weight excluding hydrogens is 318 g/mol. The summed E-state index contributed by atoms with van der Waals surface area (Å²) in [6.07, 6.45) is 8.58. The summed E-state index contributed by atoms with van der Waals surface area (Å²) < 4.78 is 3.27. The molecule has 0 spiro atoms. The third kappa shape index (κ3) is 4.15. The Morgan fingerprint density at radius 1 is 1.32 bits per heavy atom. The summed E-state index contributed by atoms with van der Waals surface area (Å²) in [6.45, 7) is 4.02. The molecule has 1 aliphatic heterocycles. The van der Waals surface area contributed by atoms with Crippen LogP contribution in [0.2, 0.25) is 0 Å². The topological polar surface area (TPSA) is 73.0 Å². The summed E-state index contributed by atoms with van der Waals surface area (Å²) in [5, 5.41) is 8.56. The van der Waals surface area contributed by atoms with E-state index in [-0.39, 0.29) is 17.5 Å². The lowest BCUT2D eigenvalue weighted by Gasteiger charge is -2.35. The van der Waals surface area contributed by atoms with E-state index >= 15 is 0 Å². The van der Waals surface area contributed by atoms with Gasteiger partial charge in [-0.05, 0) is 37.8 Å². The average molecular weight is 343 g/mol. The quantitative estimate of drug-likeness (QED) is 0.803. The molecule has 0 saturated carbocycles. The first-order valence-electron chi connectivity index (χ1n) is 9.05. The van der Waals surface area contributed by atoms with Crippen molar-refractivity contribution in [2.24, 2.45) is 0 Å². The highest BCUT2D eigenvalue weighted by atomic mass is 16.2. The third-order valence-corrected chi connectivity index (χ3v) is 4.65. The van der Waals surface area contributed by atoms with Gasteiger partial charge in [0.1, 0.15) is 5.69 Å². The Labute approximate surface area is 147 Å². The fourth-order valence-corrected chi connectivity index (χ4v) is 3.26. The average Bonchev–Trinajstić information content (AvgIpc) is 3.14. The molecular formula is C18H25N5O2. The van der Waals surface area contributed by atoms with Crippen molar-refractivity contribution >= 4 is 5.91 Å². The number of nitrogens with zero attached hydrogens (tertiary/aromatic N) is 5. The number of rotatable bonds is 6. The number of aromatic nitrogens is 4. The van der Waals surface area contributed by atoms with E-state index in [0.29, 0.717) is 18.8 Å². The van der Waals surface area contributed by atoms with Gasteiger partial charge >= 0.3 is 0 Å². The zero-order valence-corrected chi connectivity index (χ0v) is 14.7. The van der Waals surface area contributed by atoms with Gasteiger partial charge in [0.25, 0.3) is 11.5 Å². The Morgan fingerprint density at radius 3 is 2.96 bits per heavy atom. The highest BCUT2D eigenvalue weighted by Gasteiger charge is 2.29. The molecule has 1 saturated heterocycles. The largest absolute Gasteiger partial charge is 0.332 e. The molecule has 0 N–H and O–H groups in total. The minimum Gasteiger partial charge on any atom is -0.332 e. The van der Waals surface area contributed by atoms with Gasteiger partial charge in [-0.2, -0.15) is 10.2 Å². The van der Waals surface area contributed by atoms with Crippen LogP contribution in [0.25, 0.3) is 0 Å². The van der Waals surface area contributed by atoms with Crippen LogP contribution < -0.4 is 5.56 Å². The predicted octanol–water partition coefficient (Wildman–Crippen LogP) is 1.93. The number of unbranched alkanes of at least 4 members (excludes halogenated alkanes) is 1. The van der Waals surface area contributed by atoms with Crippen molar-refractivity contribution in [1.82, 2.24) is 24.5 Å². The Hall–Kier alpha value is -2.44. The number of carbonyl (C=O) groups is 1. The van der Waals surface area contributed by atoms with Gasteiger partial charge in [0.15, 0.2) is 0 Å². The minimum absolute atomic E-state index is 0.0953. The van der Waals surface area contributed by atoms with Gasteiger partial charge in [-0.1, -0.05) is 13.3 Å². The van der Waals surface area contributed by atoms with Crippen LogP contribution in [0, 0.1) is 0 Å². The molecule has 1 atom stereocenters. The highest BCUT2D eigenvalue weighted by molar-refractivity contribution is 5.92. The smallest absolute Gasteiger partial charge is 0.274 e. The minimum atomic E-state index is -0.156. The fraction of sp³-hybridized carbons (Fsp3) is 0.556. The number of hydrogen-bond donors (Lipinski definition) is 0. The molecule has 0 aliphatic carbocycles. The first kappa shape index (κ1) is 17.4. The summed E-state index contributed by atoms with van der Waals surface area (Å²) in [7, 11) is 0. The second-order valence-corrected chi connectivity index (χ2v) is 6.51. The standard InChI is InChI=1S/C18H25N5O2/c1-2-3-13-23-17(24)9-8-16(20-23)18(25)22-12-5-4-7-15(22)14-21-11-6-10-19-21/h6,8-11,15H,2-5,7,12-14H2,1H3/t15-/m0/s1. The van der Waals surface area contributed by atoms with Crippen LogP contribution in [0.15, 0.2) is 35.4 Å². The number of amides is 1. The van der Waals surface area contributed by atoms with E-state index in [2.05, 4.69) is 17.1 Å². The summed E-state index contributed by atoms with van der Waals surface area (Å²) in [5.41, 5.74) is 0.194. The SMILES string of the molecule is CCCCn1nc(C(=O)N2CCCC[C@H]2Cn2cccn2)ccc1=O. The maximum absolute atomic E-state index is 13.0. The van der Waals surface area contributed by atoms with Crippen LogP contribution in [0.4, 0.5) is 0 Å². The molecule has 0 radical (unpaired) electrons. The maximum atomic E-state index is 13.0. The summed E-state index contributed by atoms with van der Waals surface area (Å²) in [4.78, 5) is 26.8.